The summed E-state index contributed by atoms with van der Waals surface area (Å²) >= 11 is 0. The molecule has 3 rings (SSSR count). The number of hydrogen-bond acceptors (Lipinski definition) is 4. The second-order valence-electron chi connectivity index (χ2n) is 6.71. The van der Waals surface area contributed by atoms with Gasteiger partial charge >= 0.3 is 0 Å². The number of aliphatic hydroxyl groups is 1. The van der Waals surface area contributed by atoms with E-state index in [1.54, 1.807) is 0 Å². The van der Waals surface area contributed by atoms with Crippen LogP contribution in [-0.4, -0.2) is 25.8 Å². The smallest absolute Gasteiger partial charge is 0.258 e. The van der Waals surface area contributed by atoms with Gasteiger partial charge in [0.1, 0.15) is 17.8 Å². The second kappa shape index (κ2) is 8.10. The first kappa shape index (κ1) is 20.0. The molecular formula is C20H20F3N3O2. The van der Waals surface area contributed by atoms with Gasteiger partial charge < -0.3 is 9.67 Å². The number of benzene rings is 1. The number of fused-ring (bicyclic) bond motifs is 1. The highest BCUT2D eigenvalue weighted by atomic mass is 19.1. The molecule has 0 aliphatic rings. The van der Waals surface area contributed by atoms with Crippen LogP contribution in [0, 0.1) is 11.6 Å². The molecule has 5 nitrogen and oxygen atoms in total. The molecule has 2 aromatic heterocycles. The Hall–Kier alpha value is -2.74. The van der Waals surface area contributed by atoms with E-state index in [-0.39, 0.29) is 35.1 Å². The zero-order valence-corrected chi connectivity index (χ0v) is 15.5. The highest BCUT2D eigenvalue weighted by molar-refractivity contribution is 5.86. The Morgan fingerprint density at radius 3 is 2.43 bits per heavy atom. The van der Waals surface area contributed by atoms with Crippen molar-refractivity contribution >= 4 is 10.8 Å². The van der Waals surface area contributed by atoms with Crippen LogP contribution in [-0.2, 0) is 6.54 Å². The van der Waals surface area contributed by atoms with E-state index in [1.165, 1.54) is 25.4 Å². The molecular weight excluding hydrogens is 371 g/mol. The van der Waals surface area contributed by atoms with Crippen LogP contribution in [0.5, 0.6) is 0 Å². The highest BCUT2D eigenvalue weighted by Gasteiger charge is 2.17. The number of nitrogens with zero attached hydrogens (tertiary/aromatic N) is 3. The number of pyridine rings is 1. The van der Waals surface area contributed by atoms with E-state index < -0.39 is 29.5 Å². The van der Waals surface area contributed by atoms with Crippen molar-refractivity contribution in [2.75, 3.05) is 0 Å². The lowest BCUT2D eigenvalue weighted by Crippen LogP contribution is -2.25. The number of alkyl halides is 1. The van der Waals surface area contributed by atoms with Gasteiger partial charge in [-0.15, -0.1) is 0 Å². The second-order valence-corrected chi connectivity index (χ2v) is 6.71. The van der Waals surface area contributed by atoms with Crippen LogP contribution in [0.2, 0.25) is 0 Å². The van der Waals surface area contributed by atoms with Crippen molar-refractivity contribution in [2.24, 2.45) is 0 Å². The highest BCUT2D eigenvalue weighted by Crippen LogP contribution is 2.26. The van der Waals surface area contributed by atoms with Crippen molar-refractivity contribution in [3.05, 3.63) is 58.3 Å². The molecule has 1 aromatic carbocycles. The third-order valence-corrected chi connectivity index (χ3v) is 4.52. The average Bonchev–Trinajstić information content (AvgIpc) is 2.66. The van der Waals surface area contributed by atoms with Gasteiger partial charge in [0.25, 0.3) is 5.56 Å². The van der Waals surface area contributed by atoms with Gasteiger partial charge in [-0.05, 0) is 25.5 Å². The Balaban J connectivity index is 2.08. The van der Waals surface area contributed by atoms with E-state index in [0.29, 0.717) is 12.0 Å². The Morgan fingerprint density at radius 1 is 1.14 bits per heavy atom. The molecule has 148 valence electrons. The Morgan fingerprint density at radius 2 is 1.82 bits per heavy atom. The minimum Gasteiger partial charge on any atom is -0.389 e. The van der Waals surface area contributed by atoms with Crippen LogP contribution >= 0.6 is 0 Å². The maximum atomic E-state index is 14.6. The summed E-state index contributed by atoms with van der Waals surface area (Å²) in [6.45, 7) is 3.06. The minimum absolute atomic E-state index is 0.000790. The largest absolute Gasteiger partial charge is 0.389 e. The summed E-state index contributed by atoms with van der Waals surface area (Å²) in [6.07, 6.45) is 2.41. The van der Waals surface area contributed by atoms with E-state index in [4.69, 9.17) is 0 Å². The quantitative estimate of drug-likeness (QED) is 0.691. The zero-order chi connectivity index (χ0) is 20.4. The summed E-state index contributed by atoms with van der Waals surface area (Å²) in [5.41, 5.74) is -0.284. The fourth-order valence-electron chi connectivity index (χ4n) is 2.99. The van der Waals surface area contributed by atoms with Gasteiger partial charge in [-0.1, -0.05) is 13.3 Å². The Bertz CT molecular complexity index is 1050. The standard InChI is InChI=1S/C20H20F3N3O2/c1-3-4-13(21)9-26-10-18(23)14-5-16(17(22)6-15(14)20(26)28)19-24-7-12(8-25-19)11(2)27/h5-8,10-11,13,27H,3-4,9H2,1-2H3. The molecule has 2 atom stereocenters. The van der Waals surface area contributed by atoms with Crippen molar-refractivity contribution in [3.8, 4) is 11.4 Å². The summed E-state index contributed by atoms with van der Waals surface area (Å²) in [4.78, 5) is 20.5. The maximum absolute atomic E-state index is 14.6. The summed E-state index contributed by atoms with van der Waals surface area (Å²) in [5.74, 6) is -1.56. The maximum Gasteiger partial charge on any atom is 0.258 e. The van der Waals surface area contributed by atoms with Crippen LogP contribution < -0.4 is 5.56 Å². The average molecular weight is 391 g/mol. The van der Waals surface area contributed by atoms with E-state index in [2.05, 4.69) is 9.97 Å². The minimum atomic E-state index is -1.29. The summed E-state index contributed by atoms with van der Waals surface area (Å²) in [7, 11) is 0. The Kier molecular flexibility index (Phi) is 5.79. The molecule has 0 saturated heterocycles. The van der Waals surface area contributed by atoms with Gasteiger partial charge in [-0.2, -0.15) is 0 Å². The summed E-state index contributed by atoms with van der Waals surface area (Å²) in [5, 5.41) is 9.24. The van der Waals surface area contributed by atoms with Crippen molar-refractivity contribution in [3.63, 3.8) is 0 Å². The summed E-state index contributed by atoms with van der Waals surface area (Å²) in [6, 6.07) is 2.09. The molecule has 0 bridgehead atoms. The number of hydrogen-bond donors (Lipinski definition) is 1. The first-order valence-corrected chi connectivity index (χ1v) is 8.98. The predicted octanol–water partition coefficient (Wildman–Crippen LogP) is 3.93. The number of aliphatic hydroxyl groups excluding tert-OH is 1. The lowest BCUT2D eigenvalue weighted by Gasteiger charge is -2.12. The van der Waals surface area contributed by atoms with Crippen molar-refractivity contribution in [1.82, 2.24) is 14.5 Å². The normalized spacial score (nSPS) is 13.6. The number of rotatable bonds is 6. The molecule has 2 heterocycles. The molecule has 3 aromatic rings. The SMILES string of the molecule is CCCC(F)Cn1cc(F)c2cc(-c3ncc(C(C)O)cn3)c(F)cc2c1=O. The van der Waals surface area contributed by atoms with Crippen LogP contribution in [0.15, 0.2) is 35.5 Å². The van der Waals surface area contributed by atoms with Crippen molar-refractivity contribution in [1.29, 1.82) is 0 Å². The lowest BCUT2D eigenvalue weighted by atomic mass is 10.1. The van der Waals surface area contributed by atoms with Crippen LogP contribution in [0.4, 0.5) is 13.2 Å². The van der Waals surface area contributed by atoms with Crippen LogP contribution in [0.1, 0.15) is 38.4 Å². The molecule has 0 saturated carbocycles. The zero-order valence-electron chi connectivity index (χ0n) is 15.5. The fourth-order valence-corrected chi connectivity index (χ4v) is 2.99. The van der Waals surface area contributed by atoms with E-state index >= 15 is 0 Å². The molecule has 1 N–H and O–H groups in total. The molecule has 0 radical (unpaired) electrons. The molecule has 2 unspecified atom stereocenters. The van der Waals surface area contributed by atoms with Gasteiger partial charge in [0, 0.05) is 29.5 Å². The molecule has 28 heavy (non-hydrogen) atoms. The Labute approximate surface area is 159 Å². The van der Waals surface area contributed by atoms with E-state index in [0.717, 1.165) is 16.8 Å². The van der Waals surface area contributed by atoms with Crippen molar-refractivity contribution < 1.29 is 18.3 Å². The number of aromatic nitrogens is 3. The van der Waals surface area contributed by atoms with Crippen LogP contribution in [0.3, 0.4) is 0 Å². The number of halogens is 3. The first-order valence-electron chi connectivity index (χ1n) is 8.98. The fraction of sp³-hybridized carbons (Fsp3) is 0.350. The van der Waals surface area contributed by atoms with Gasteiger partial charge in [-0.25, -0.2) is 23.1 Å². The topological polar surface area (TPSA) is 68.0 Å². The third kappa shape index (κ3) is 3.91. The van der Waals surface area contributed by atoms with E-state index in [9.17, 15) is 23.1 Å². The molecule has 0 aliphatic heterocycles. The lowest BCUT2D eigenvalue weighted by molar-refractivity contribution is 0.198. The van der Waals surface area contributed by atoms with Crippen molar-refractivity contribution in [2.45, 2.75) is 45.5 Å². The summed E-state index contributed by atoms with van der Waals surface area (Å²) < 4.78 is 44.0. The molecule has 0 spiro atoms. The van der Waals surface area contributed by atoms with Crippen LogP contribution in [0.25, 0.3) is 22.2 Å². The molecule has 0 amide bonds. The predicted molar refractivity (Wildman–Crippen MR) is 99.6 cm³/mol. The monoisotopic (exact) mass is 391 g/mol. The first-order chi connectivity index (χ1) is 13.3. The third-order valence-electron chi connectivity index (χ3n) is 4.52. The van der Waals surface area contributed by atoms with Gasteiger partial charge in [0.05, 0.1) is 23.6 Å². The van der Waals surface area contributed by atoms with E-state index in [1.807, 2.05) is 6.92 Å². The van der Waals surface area contributed by atoms with Gasteiger partial charge in [-0.3, -0.25) is 4.79 Å². The molecule has 8 heteroatoms. The molecule has 0 aliphatic carbocycles. The van der Waals surface area contributed by atoms with Gasteiger partial charge in [0.2, 0.25) is 0 Å². The van der Waals surface area contributed by atoms with Gasteiger partial charge in [0.15, 0.2) is 5.82 Å². The molecule has 0 fully saturated rings.